The molecule has 0 saturated heterocycles. The normalized spacial score (nSPS) is 11.2. The first kappa shape index (κ1) is 10.8. The molecule has 0 aromatic heterocycles. The molecule has 2 nitrogen and oxygen atoms in total. The summed E-state index contributed by atoms with van der Waals surface area (Å²) in [5, 5.41) is 2.88. The topological polar surface area (TPSA) is 29.1 Å². The van der Waals surface area contributed by atoms with Gasteiger partial charge in [-0.2, -0.15) is 0 Å². The van der Waals surface area contributed by atoms with Crippen molar-refractivity contribution in [3.05, 3.63) is 40.9 Å². The highest BCUT2D eigenvalue weighted by atomic mass is 35.5. The molecular weight excluding hydrogens is 198 g/mol. The van der Waals surface area contributed by atoms with Gasteiger partial charge in [-0.15, -0.1) is 0 Å². The molecule has 0 spiro atoms. The maximum atomic E-state index is 11.3. The number of anilines is 1. The van der Waals surface area contributed by atoms with Crippen LogP contribution in [0.4, 0.5) is 5.69 Å². The van der Waals surface area contributed by atoms with Gasteiger partial charge in [0.25, 0.3) is 5.91 Å². The first-order valence-electron chi connectivity index (χ1n) is 4.33. The van der Waals surface area contributed by atoms with Crippen LogP contribution in [0.25, 0.3) is 0 Å². The summed E-state index contributed by atoms with van der Waals surface area (Å²) in [6.07, 6.45) is 1.56. The van der Waals surface area contributed by atoms with E-state index in [4.69, 9.17) is 11.6 Å². The Morgan fingerprint density at radius 3 is 2.43 bits per heavy atom. The summed E-state index contributed by atoms with van der Waals surface area (Å²) < 4.78 is 0. The Balaban J connectivity index is 2.70. The minimum atomic E-state index is -0.280. The van der Waals surface area contributed by atoms with Crippen molar-refractivity contribution in [1.29, 1.82) is 0 Å². The molecule has 0 bridgehead atoms. The van der Waals surface area contributed by atoms with E-state index in [0.29, 0.717) is 0 Å². The lowest BCUT2D eigenvalue weighted by Gasteiger charge is -2.03. The zero-order valence-electron chi connectivity index (χ0n) is 8.17. The number of rotatable bonds is 2. The molecular formula is C11H12ClNO. The Kier molecular flexibility index (Phi) is 3.72. The molecule has 0 fully saturated rings. The summed E-state index contributed by atoms with van der Waals surface area (Å²) in [6.45, 7) is 3.71. The molecule has 1 amide bonds. The van der Waals surface area contributed by atoms with Crippen LogP contribution in [-0.2, 0) is 4.79 Å². The van der Waals surface area contributed by atoms with Crippen LogP contribution in [0, 0.1) is 6.92 Å². The molecule has 1 aromatic carbocycles. The van der Waals surface area contributed by atoms with E-state index in [2.05, 4.69) is 5.32 Å². The average Bonchev–Trinajstić information content (AvgIpc) is 2.20. The minimum Gasteiger partial charge on any atom is -0.321 e. The molecule has 0 atom stereocenters. The fraction of sp³-hybridized carbons (Fsp3) is 0.182. The van der Waals surface area contributed by atoms with Crippen molar-refractivity contribution in [3.63, 3.8) is 0 Å². The number of amides is 1. The van der Waals surface area contributed by atoms with E-state index in [1.165, 1.54) is 0 Å². The van der Waals surface area contributed by atoms with Gasteiger partial charge in [0.2, 0.25) is 0 Å². The number of allylic oxidation sites excluding steroid dienone is 1. The smallest absolute Gasteiger partial charge is 0.266 e. The molecule has 0 aliphatic carbocycles. The number of carbonyl (C=O) groups excluding carboxylic acids is 1. The molecule has 3 heteroatoms. The molecule has 74 valence electrons. The van der Waals surface area contributed by atoms with Crippen molar-refractivity contribution in [2.45, 2.75) is 13.8 Å². The van der Waals surface area contributed by atoms with Crippen LogP contribution < -0.4 is 5.32 Å². The van der Waals surface area contributed by atoms with Crippen molar-refractivity contribution in [2.24, 2.45) is 0 Å². The zero-order chi connectivity index (χ0) is 10.6. The van der Waals surface area contributed by atoms with Crippen molar-refractivity contribution in [1.82, 2.24) is 0 Å². The van der Waals surface area contributed by atoms with Crippen LogP contribution in [0.2, 0.25) is 0 Å². The third-order valence-electron chi connectivity index (χ3n) is 1.78. The summed E-state index contributed by atoms with van der Waals surface area (Å²) >= 11 is 5.65. The van der Waals surface area contributed by atoms with Gasteiger partial charge < -0.3 is 5.32 Å². The number of hydrogen-bond acceptors (Lipinski definition) is 1. The SMILES string of the molecule is CC=C(Cl)C(=O)Nc1ccc(C)cc1. The maximum absolute atomic E-state index is 11.3. The summed E-state index contributed by atoms with van der Waals surface area (Å²) in [5.41, 5.74) is 1.90. The second-order valence-corrected chi connectivity index (χ2v) is 3.36. The van der Waals surface area contributed by atoms with Gasteiger partial charge in [0, 0.05) is 5.69 Å². The highest BCUT2D eigenvalue weighted by Crippen LogP contribution is 2.11. The van der Waals surface area contributed by atoms with Gasteiger partial charge in [0.05, 0.1) is 0 Å². The summed E-state index contributed by atoms with van der Waals surface area (Å²) in [6, 6.07) is 7.54. The predicted molar refractivity (Wildman–Crippen MR) is 59.4 cm³/mol. The fourth-order valence-corrected chi connectivity index (χ4v) is 1.01. The van der Waals surface area contributed by atoms with E-state index in [9.17, 15) is 4.79 Å². The zero-order valence-corrected chi connectivity index (χ0v) is 8.93. The van der Waals surface area contributed by atoms with Crippen LogP contribution in [0.3, 0.4) is 0 Å². The second-order valence-electron chi connectivity index (χ2n) is 2.96. The van der Waals surface area contributed by atoms with Crippen LogP contribution in [0.5, 0.6) is 0 Å². The highest BCUT2D eigenvalue weighted by molar-refractivity contribution is 6.43. The highest BCUT2D eigenvalue weighted by Gasteiger charge is 2.04. The van der Waals surface area contributed by atoms with Crippen LogP contribution in [0.1, 0.15) is 12.5 Å². The quantitative estimate of drug-likeness (QED) is 0.746. The standard InChI is InChI=1S/C11H12ClNO/c1-3-10(12)11(14)13-9-6-4-8(2)5-7-9/h3-7H,1-2H3,(H,13,14). The Labute approximate surface area is 88.6 Å². The van der Waals surface area contributed by atoms with Crippen molar-refractivity contribution in [3.8, 4) is 0 Å². The summed E-state index contributed by atoms with van der Waals surface area (Å²) in [4.78, 5) is 11.3. The number of benzene rings is 1. The lowest BCUT2D eigenvalue weighted by Crippen LogP contribution is -2.11. The molecule has 1 aromatic rings. The first-order valence-corrected chi connectivity index (χ1v) is 4.71. The Bertz CT molecular complexity index is 354. The van der Waals surface area contributed by atoms with Crippen LogP contribution in [-0.4, -0.2) is 5.91 Å². The fourth-order valence-electron chi connectivity index (χ4n) is 0.959. The van der Waals surface area contributed by atoms with E-state index in [1.54, 1.807) is 13.0 Å². The predicted octanol–water partition coefficient (Wildman–Crippen LogP) is 3.08. The van der Waals surface area contributed by atoms with Gasteiger partial charge in [-0.05, 0) is 26.0 Å². The lowest BCUT2D eigenvalue weighted by atomic mass is 10.2. The molecule has 14 heavy (non-hydrogen) atoms. The molecule has 1 N–H and O–H groups in total. The van der Waals surface area contributed by atoms with Gasteiger partial charge in [0.15, 0.2) is 0 Å². The van der Waals surface area contributed by atoms with Gasteiger partial charge >= 0.3 is 0 Å². The first-order chi connectivity index (χ1) is 6.63. The molecule has 0 aliphatic rings. The van der Waals surface area contributed by atoms with Gasteiger partial charge in [-0.1, -0.05) is 35.4 Å². The molecule has 0 aliphatic heterocycles. The van der Waals surface area contributed by atoms with Crippen molar-refractivity contribution in [2.75, 3.05) is 5.32 Å². The number of hydrogen-bond donors (Lipinski definition) is 1. The number of aryl methyl sites for hydroxylation is 1. The van der Waals surface area contributed by atoms with Crippen molar-refractivity contribution < 1.29 is 4.79 Å². The molecule has 0 saturated carbocycles. The Hall–Kier alpha value is -1.28. The van der Waals surface area contributed by atoms with Crippen LogP contribution in [0.15, 0.2) is 35.4 Å². The molecule has 0 radical (unpaired) electrons. The van der Waals surface area contributed by atoms with E-state index in [1.807, 2.05) is 31.2 Å². The van der Waals surface area contributed by atoms with Crippen LogP contribution >= 0.6 is 11.6 Å². The van der Waals surface area contributed by atoms with Gasteiger partial charge in [-0.3, -0.25) is 4.79 Å². The number of halogens is 1. The van der Waals surface area contributed by atoms with Gasteiger partial charge in [-0.25, -0.2) is 0 Å². The van der Waals surface area contributed by atoms with Crippen molar-refractivity contribution >= 4 is 23.2 Å². The maximum Gasteiger partial charge on any atom is 0.266 e. The monoisotopic (exact) mass is 209 g/mol. The molecule has 0 heterocycles. The largest absolute Gasteiger partial charge is 0.321 e. The average molecular weight is 210 g/mol. The third-order valence-corrected chi connectivity index (χ3v) is 2.17. The third kappa shape index (κ3) is 2.89. The summed E-state index contributed by atoms with van der Waals surface area (Å²) in [7, 11) is 0. The Morgan fingerprint density at radius 2 is 1.93 bits per heavy atom. The second kappa shape index (κ2) is 4.82. The number of carbonyl (C=O) groups is 1. The van der Waals surface area contributed by atoms with E-state index >= 15 is 0 Å². The van der Waals surface area contributed by atoms with E-state index < -0.39 is 0 Å². The Morgan fingerprint density at radius 1 is 1.36 bits per heavy atom. The molecule has 0 unspecified atom stereocenters. The summed E-state index contributed by atoms with van der Waals surface area (Å²) in [5.74, 6) is -0.280. The van der Waals surface area contributed by atoms with E-state index in [-0.39, 0.29) is 10.9 Å². The molecule has 1 rings (SSSR count). The van der Waals surface area contributed by atoms with E-state index in [0.717, 1.165) is 11.3 Å². The van der Waals surface area contributed by atoms with Gasteiger partial charge in [0.1, 0.15) is 5.03 Å². The minimum absolute atomic E-state index is 0.200. The number of nitrogens with one attached hydrogen (secondary N) is 1. The lowest BCUT2D eigenvalue weighted by molar-refractivity contribution is -0.112.